The van der Waals surface area contributed by atoms with Crippen molar-refractivity contribution in [1.82, 2.24) is 19.9 Å². The van der Waals surface area contributed by atoms with E-state index in [1.165, 1.54) is 23.2 Å². The molecule has 1 saturated heterocycles. The standard InChI is InChI=1S/C28H35F2N5O4S/c1-6-9-40(37,38)16-19-8-7-18(11-22(19)30)23-10-17(2)25-24(33-23)13-31-26(34-25)32-21-12-20(29)14-35(15-21)27(36)39-28(3,4)5/h7-8,10-11,13,20-21H,6,9,12,14-16H2,1-5H3,(H,31,32,34)/t20-,21-/m0/s1. The first kappa shape index (κ1) is 29.6. The van der Waals surface area contributed by atoms with Crippen molar-refractivity contribution in [3.8, 4) is 11.3 Å². The molecule has 4 rings (SSSR count). The first-order chi connectivity index (χ1) is 18.7. The Morgan fingerprint density at radius 2 is 1.95 bits per heavy atom. The van der Waals surface area contributed by atoms with Gasteiger partial charge < -0.3 is 15.0 Å². The van der Waals surface area contributed by atoms with Gasteiger partial charge in [0.05, 0.1) is 35.5 Å². The monoisotopic (exact) mass is 575 g/mol. The Labute approximate surface area is 233 Å². The number of aryl methyl sites for hydroxylation is 1. The molecule has 0 spiro atoms. The van der Waals surface area contributed by atoms with Gasteiger partial charge in [0.15, 0.2) is 9.84 Å². The number of alkyl halides is 1. The first-order valence-electron chi connectivity index (χ1n) is 13.2. The maximum Gasteiger partial charge on any atom is 0.410 e. The molecule has 1 aliphatic rings. The van der Waals surface area contributed by atoms with E-state index in [1.54, 1.807) is 39.8 Å². The van der Waals surface area contributed by atoms with Crippen LogP contribution in [0.3, 0.4) is 0 Å². The van der Waals surface area contributed by atoms with Crippen LogP contribution >= 0.6 is 0 Å². The van der Waals surface area contributed by atoms with Gasteiger partial charge in [-0.15, -0.1) is 0 Å². The average molecular weight is 576 g/mol. The second kappa shape index (κ2) is 11.6. The zero-order valence-corrected chi connectivity index (χ0v) is 24.2. The van der Waals surface area contributed by atoms with Crippen LogP contribution in [0.15, 0.2) is 30.5 Å². The molecule has 1 N–H and O–H groups in total. The third kappa shape index (κ3) is 7.41. The van der Waals surface area contributed by atoms with Crippen LogP contribution in [-0.4, -0.2) is 71.0 Å². The van der Waals surface area contributed by atoms with E-state index in [-0.39, 0.29) is 42.5 Å². The lowest BCUT2D eigenvalue weighted by molar-refractivity contribution is 0.0124. The quantitative estimate of drug-likeness (QED) is 0.408. The van der Waals surface area contributed by atoms with Crippen LogP contribution in [0.2, 0.25) is 0 Å². The number of aromatic nitrogens is 3. The van der Waals surface area contributed by atoms with Gasteiger partial charge in [0.1, 0.15) is 23.1 Å². The Balaban J connectivity index is 1.52. The van der Waals surface area contributed by atoms with Crippen molar-refractivity contribution in [1.29, 1.82) is 0 Å². The number of pyridine rings is 1. The number of hydrogen-bond acceptors (Lipinski definition) is 8. The zero-order valence-electron chi connectivity index (χ0n) is 23.4. The largest absolute Gasteiger partial charge is 0.444 e. The van der Waals surface area contributed by atoms with Gasteiger partial charge >= 0.3 is 6.09 Å². The van der Waals surface area contributed by atoms with Gasteiger partial charge in [0.2, 0.25) is 5.95 Å². The Morgan fingerprint density at radius 1 is 1.20 bits per heavy atom. The van der Waals surface area contributed by atoms with E-state index in [0.717, 1.165) is 5.56 Å². The van der Waals surface area contributed by atoms with E-state index in [9.17, 15) is 22.0 Å². The molecule has 3 aromatic rings. The summed E-state index contributed by atoms with van der Waals surface area (Å²) >= 11 is 0. The number of carbonyl (C=O) groups excluding carboxylic acids is 1. The van der Waals surface area contributed by atoms with E-state index in [4.69, 9.17) is 4.74 Å². The fraction of sp³-hybridized carbons (Fsp3) is 0.500. The molecule has 3 heterocycles. The molecule has 40 heavy (non-hydrogen) atoms. The summed E-state index contributed by atoms with van der Waals surface area (Å²) in [4.78, 5) is 27.3. The molecule has 2 aromatic heterocycles. The number of nitrogens with one attached hydrogen (secondary N) is 1. The third-order valence-electron chi connectivity index (χ3n) is 6.36. The molecule has 0 saturated carbocycles. The number of halogens is 2. The number of carbonyl (C=O) groups is 1. The van der Waals surface area contributed by atoms with E-state index in [1.807, 2.05) is 6.92 Å². The highest BCUT2D eigenvalue weighted by molar-refractivity contribution is 7.90. The number of ether oxygens (including phenoxy) is 1. The minimum Gasteiger partial charge on any atom is -0.444 e. The summed E-state index contributed by atoms with van der Waals surface area (Å²) in [7, 11) is -3.38. The number of rotatable bonds is 7. The van der Waals surface area contributed by atoms with Crippen molar-refractivity contribution in [3.63, 3.8) is 0 Å². The summed E-state index contributed by atoms with van der Waals surface area (Å²) in [6.45, 7) is 9.10. The fourth-order valence-electron chi connectivity index (χ4n) is 4.64. The summed E-state index contributed by atoms with van der Waals surface area (Å²) in [6, 6.07) is 5.77. The Morgan fingerprint density at radius 3 is 2.62 bits per heavy atom. The van der Waals surface area contributed by atoms with Gasteiger partial charge in [0.25, 0.3) is 0 Å². The van der Waals surface area contributed by atoms with Crippen LogP contribution in [-0.2, 0) is 20.3 Å². The maximum absolute atomic E-state index is 14.8. The van der Waals surface area contributed by atoms with Gasteiger partial charge in [-0.05, 0) is 51.8 Å². The van der Waals surface area contributed by atoms with E-state index in [0.29, 0.717) is 28.7 Å². The Bertz CT molecular complexity index is 1510. The Hall–Kier alpha value is -3.41. The molecule has 1 fully saturated rings. The van der Waals surface area contributed by atoms with Gasteiger partial charge in [-0.2, -0.15) is 0 Å². The molecule has 9 nitrogen and oxygen atoms in total. The van der Waals surface area contributed by atoms with Crippen molar-refractivity contribution >= 4 is 32.9 Å². The highest BCUT2D eigenvalue weighted by Gasteiger charge is 2.33. The molecule has 1 aromatic carbocycles. The van der Waals surface area contributed by atoms with Gasteiger partial charge in [-0.3, -0.25) is 0 Å². The maximum atomic E-state index is 14.8. The summed E-state index contributed by atoms with van der Waals surface area (Å²) in [5, 5.41) is 3.13. The average Bonchev–Trinajstić information content (AvgIpc) is 2.84. The van der Waals surface area contributed by atoms with Gasteiger partial charge in [-0.1, -0.05) is 19.1 Å². The van der Waals surface area contributed by atoms with E-state index < -0.39 is 39.6 Å². The zero-order chi connectivity index (χ0) is 29.2. The second-order valence-corrected chi connectivity index (χ2v) is 13.4. The molecule has 0 radical (unpaired) electrons. The van der Waals surface area contributed by atoms with Crippen LogP contribution in [0.1, 0.15) is 51.7 Å². The number of likely N-dealkylation sites (tertiary alicyclic amines) is 1. The summed E-state index contributed by atoms with van der Waals surface area (Å²) in [5.41, 5.74) is 2.26. The minimum absolute atomic E-state index is 0.00750. The lowest BCUT2D eigenvalue weighted by atomic mass is 10.0. The molecule has 0 aliphatic carbocycles. The molecule has 0 unspecified atom stereocenters. The van der Waals surface area contributed by atoms with E-state index in [2.05, 4.69) is 20.3 Å². The summed E-state index contributed by atoms with van der Waals surface area (Å²) < 4.78 is 58.9. The van der Waals surface area contributed by atoms with Crippen LogP contribution < -0.4 is 5.32 Å². The smallest absolute Gasteiger partial charge is 0.410 e. The number of sulfone groups is 1. The molecule has 12 heteroatoms. The van der Waals surface area contributed by atoms with Crippen molar-refractivity contribution in [3.05, 3.63) is 47.4 Å². The molecular weight excluding hydrogens is 540 g/mol. The number of amides is 1. The Kier molecular flexibility index (Phi) is 8.57. The van der Waals surface area contributed by atoms with Gasteiger partial charge in [-0.25, -0.2) is 36.9 Å². The normalized spacial score (nSPS) is 18.1. The van der Waals surface area contributed by atoms with Gasteiger partial charge in [0, 0.05) is 30.1 Å². The topological polar surface area (TPSA) is 114 Å². The predicted octanol–water partition coefficient (Wildman–Crippen LogP) is 5.22. The van der Waals surface area contributed by atoms with Crippen molar-refractivity contribution < 1.29 is 26.7 Å². The first-order valence-corrected chi connectivity index (χ1v) is 15.1. The second-order valence-electron chi connectivity index (χ2n) is 11.2. The minimum atomic E-state index is -3.38. The van der Waals surface area contributed by atoms with Crippen molar-refractivity contribution in [2.24, 2.45) is 0 Å². The van der Waals surface area contributed by atoms with Crippen molar-refractivity contribution in [2.45, 2.75) is 71.0 Å². The highest BCUT2D eigenvalue weighted by atomic mass is 32.2. The summed E-state index contributed by atoms with van der Waals surface area (Å²) in [5.74, 6) is -0.669. The van der Waals surface area contributed by atoms with Crippen LogP contribution in [0.4, 0.5) is 19.5 Å². The number of nitrogens with zero attached hydrogens (tertiary/aromatic N) is 4. The molecule has 216 valence electrons. The molecule has 2 atom stereocenters. The number of fused-ring (bicyclic) bond motifs is 1. The molecule has 1 amide bonds. The highest BCUT2D eigenvalue weighted by Crippen LogP contribution is 2.27. The molecule has 1 aliphatic heterocycles. The van der Waals surface area contributed by atoms with Crippen molar-refractivity contribution in [2.75, 3.05) is 24.2 Å². The summed E-state index contributed by atoms with van der Waals surface area (Å²) in [6.07, 6.45) is 0.413. The van der Waals surface area contributed by atoms with Crippen LogP contribution in [0, 0.1) is 12.7 Å². The van der Waals surface area contributed by atoms with E-state index >= 15 is 0 Å². The van der Waals surface area contributed by atoms with Crippen LogP contribution in [0.5, 0.6) is 0 Å². The number of anilines is 1. The molecular formula is C28H35F2N5O4S. The predicted molar refractivity (Wildman–Crippen MR) is 150 cm³/mol. The lowest BCUT2D eigenvalue weighted by Crippen LogP contribution is -2.51. The third-order valence-corrected chi connectivity index (χ3v) is 8.14. The number of piperidine rings is 1. The molecule has 0 bridgehead atoms. The fourth-order valence-corrected chi connectivity index (χ4v) is 6.12. The SMILES string of the molecule is CCCS(=O)(=O)Cc1ccc(-c2cc(C)c3nc(N[C@H]4C[C@H](F)CN(C(=O)OC(C)(C)C)C4)ncc3n2)cc1F. The van der Waals surface area contributed by atoms with Crippen LogP contribution in [0.25, 0.3) is 22.3 Å². The number of hydrogen-bond donors (Lipinski definition) is 1. The lowest BCUT2D eigenvalue weighted by Gasteiger charge is -2.36. The number of benzene rings is 1.